The van der Waals surface area contributed by atoms with Crippen LogP contribution in [0.15, 0.2) is 22.9 Å². The first-order valence-corrected chi connectivity index (χ1v) is 10.1. The topological polar surface area (TPSA) is 17.1 Å². The number of thiophene rings is 2. The molecule has 2 aromatic heterocycles. The predicted octanol–water partition coefficient (Wildman–Crippen LogP) is 6.22. The van der Waals surface area contributed by atoms with Crippen molar-refractivity contribution in [2.75, 3.05) is 0 Å². The Morgan fingerprint density at radius 3 is 1.77 bits per heavy atom. The van der Waals surface area contributed by atoms with E-state index in [4.69, 9.17) is 0 Å². The van der Waals surface area contributed by atoms with E-state index in [2.05, 4.69) is 36.7 Å². The summed E-state index contributed by atoms with van der Waals surface area (Å²) in [6.45, 7) is 6.19. The molecule has 1 nitrogen and oxygen atoms in total. The van der Waals surface area contributed by atoms with Crippen LogP contribution in [-0.2, 0) is 17.6 Å². The lowest BCUT2D eigenvalue weighted by atomic mass is 9.93. The molecule has 2 aromatic rings. The number of carbonyl (C=O) groups is 1. The number of Topliss-reactive ketones (excluding diaryl/α,β-unsaturated/α-hetero) is 1. The summed E-state index contributed by atoms with van der Waals surface area (Å²) in [7, 11) is 0. The zero-order chi connectivity index (χ0) is 15.9. The van der Waals surface area contributed by atoms with Gasteiger partial charge in [0.1, 0.15) is 5.78 Å². The van der Waals surface area contributed by atoms with Crippen molar-refractivity contribution < 1.29 is 4.79 Å². The van der Waals surface area contributed by atoms with Gasteiger partial charge in [-0.1, -0.05) is 26.7 Å². The minimum absolute atomic E-state index is 0.0429. The van der Waals surface area contributed by atoms with Gasteiger partial charge in [-0.2, -0.15) is 0 Å². The number of unbranched alkanes of at least 4 members (excludes halogenated alkanes) is 2. The van der Waals surface area contributed by atoms with E-state index in [0.717, 1.165) is 12.8 Å². The van der Waals surface area contributed by atoms with Crippen molar-refractivity contribution >= 4 is 28.5 Å². The van der Waals surface area contributed by atoms with Crippen LogP contribution >= 0.6 is 22.7 Å². The lowest BCUT2D eigenvalue weighted by Gasteiger charge is -2.16. The van der Waals surface area contributed by atoms with E-state index in [-0.39, 0.29) is 11.7 Å². The smallest absolute Gasteiger partial charge is 0.143 e. The molecule has 0 amide bonds. The quantitative estimate of drug-likeness (QED) is 0.532. The fourth-order valence-electron chi connectivity index (χ4n) is 2.84. The Morgan fingerprint density at radius 2 is 1.41 bits per heavy atom. The van der Waals surface area contributed by atoms with E-state index < -0.39 is 0 Å². The van der Waals surface area contributed by atoms with E-state index >= 15 is 0 Å². The summed E-state index contributed by atoms with van der Waals surface area (Å²) in [5.74, 6) is 0.235. The Hall–Kier alpha value is -0.930. The summed E-state index contributed by atoms with van der Waals surface area (Å²) < 4.78 is 0. The molecule has 2 rings (SSSR count). The average molecular weight is 335 g/mol. The largest absolute Gasteiger partial charge is 0.299 e. The van der Waals surface area contributed by atoms with Gasteiger partial charge in [0.25, 0.3) is 0 Å². The molecule has 0 radical (unpaired) electrons. The van der Waals surface area contributed by atoms with Crippen molar-refractivity contribution in [2.24, 2.45) is 0 Å². The van der Waals surface area contributed by atoms with Crippen LogP contribution in [0.25, 0.3) is 0 Å². The molecule has 0 unspecified atom stereocenters. The van der Waals surface area contributed by atoms with Gasteiger partial charge in [-0.05, 0) is 66.6 Å². The number of hydrogen-bond acceptors (Lipinski definition) is 3. The van der Waals surface area contributed by atoms with Crippen LogP contribution in [0.2, 0.25) is 0 Å². The average Bonchev–Trinajstić information content (AvgIpc) is 3.13. The first kappa shape index (κ1) is 17.4. The van der Waals surface area contributed by atoms with E-state index in [0.29, 0.717) is 0 Å². The highest BCUT2D eigenvalue weighted by molar-refractivity contribution is 7.12. The highest BCUT2D eigenvalue weighted by Crippen LogP contribution is 2.38. The van der Waals surface area contributed by atoms with Gasteiger partial charge in [0.2, 0.25) is 0 Å². The van der Waals surface area contributed by atoms with E-state index in [1.54, 1.807) is 29.6 Å². The third kappa shape index (κ3) is 4.08. The molecule has 0 aliphatic heterocycles. The first-order valence-electron chi connectivity index (χ1n) is 8.32. The van der Waals surface area contributed by atoms with Gasteiger partial charge in [-0.25, -0.2) is 0 Å². The van der Waals surface area contributed by atoms with Crippen molar-refractivity contribution in [3.05, 3.63) is 43.8 Å². The molecule has 3 heteroatoms. The Balaban J connectivity index is 2.33. The van der Waals surface area contributed by atoms with Gasteiger partial charge in [0, 0.05) is 9.75 Å². The summed E-state index contributed by atoms with van der Waals surface area (Å²) in [5, 5.41) is 4.30. The first-order chi connectivity index (χ1) is 10.7. The van der Waals surface area contributed by atoms with Crippen LogP contribution in [0.4, 0.5) is 0 Å². The van der Waals surface area contributed by atoms with Crippen LogP contribution in [0.5, 0.6) is 0 Å². The molecule has 0 spiro atoms. The number of carbonyl (C=O) groups excluding carboxylic acids is 1. The molecule has 0 aliphatic carbocycles. The van der Waals surface area contributed by atoms with E-state index in [9.17, 15) is 4.79 Å². The zero-order valence-corrected chi connectivity index (χ0v) is 15.5. The van der Waals surface area contributed by atoms with Crippen molar-refractivity contribution in [3.63, 3.8) is 0 Å². The van der Waals surface area contributed by atoms with E-state index in [1.165, 1.54) is 46.6 Å². The molecule has 120 valence electrons. The Morgan fingerprint density at radius 1 is 0.955 bits per heavy atom. The maximum atomic E-state index is 12.4. The molecule has 2 heterocycles. The van der Waals surface area contributed by atoms with Crippen LogP contribution in [0.1, 0.15) is 73.3 Å². The Bertz CT molecular complexity index is 548. The molecule has 0 fully saturated rings. The number of rotatable bonds is 9. The van der Waals surface area contributed by atoms with Gasteiger partial charge in [-0.15, -0.1) is 22.7 Å². The molecular formula is C19H26OS2. The molecule has 0 atom stereocenters. The highest BCUT2D eigenvalue weighted by atomic mass is 32.1. The minimum Gasteiger partial charge on any atom is -0.299 e. The SMILES string of the molecule is CCCCc1ccsc1C(C(C)=O)c1sccc1CCCC. The standard InChI is InChI=1S/C19H26OS2/c1-4-6-8-15-10-12-21-18(15)17(14(3)20)19-16(9-7-5-2)11-13-22-19/h10-13,17H,4-9H2,1-3H3. The molecule has 0 N–H and O–H groups in total. The fraction of sp³-hybridized carbons (Fsp3) is 0.526. The molecular weight excluding hydrogens is 308 g/mol. The summed E-state index contributed by atoms with van der Waals surface area (Å²) in [5.41, 5.74) is 2.75. The fourth-order valence-corrected chi connectivity index (χ4v) is 5.15. The molecule has 0 bridgehead atoms. The van der Waals surface area contributed by atoms with Crippen LogP contribution in [-0.4, -0.2) is 5.78 Å². The maximum absolute atomic E-state index is 12.4. The summed E-state index contributed by atoms with van der Waals surface area (Å²) in [6, 6.07) is 4.43. The normalized spacial score (nSPS) is 11.3. The summed E-state index contributed by atoms with van der Waals surface area (Å²) >= 11 is 3.51. The maximum Gasteiger partial charge on any atom is 0.143 e. The van der Waals surface area contributed by atoms with Gasteiger partial charge in [0.05, 0.1) is 5.92 Å². The molecule has 0 aromatic carbocycles. The summed E-state index contributed by atoms with van der Waals surface area (Å²) in [6.07, 6.45) is 6.97. The second-order valence-corrected chi connectivity index (χ2v) is 7.77. The molecule has 0 aliphatic rings. The second-order valence-electron chi connectivity index (χ2n) is 5.87. The van der Waals surface area contributed by atoms with Crippen molar-refractivity contribution in [3.8, 4) is 0 Å². The number of hydrogen-bond donors (Lipinski definition) is 0. The molecule has 0 saturated heterocycles. The molecule has 0 saturated carbocycles. The zero-order valence-electron chi connectivity index (χ0n) is 13.9. The monoisotopic (exact) mass is 334 g/mol. The molecule has 22 heavy (non-hydrogen) atoms. The third-order valence-electron chi connectivity index (χ3n) is 4.09. The van der Waals surface area contributed by atoms with Gasteiger partial charge >= 0.3 is 0 Å². The second kappa shape index (κ2) is 8.64. The number of ketones is 1. The Kier molecular flexibility index (Phi) is 6.84. The predicted molar refractivity (Wildman–Crippen MR) is 98.4 cm³/mol. The third-order valence-corrected chi connectivity index (χ3v) is 6.14. The highest BCUT2D eigenvalue weighted by Gasteiger charge is 2.26. The van der Waals surface area contributed by atoms with Crippen molar-refractivity contribution in [1.29, 1.82) is 0 Å². The van der Waals surface area contributed by atoms with E-state index in [1.807, 2.05) is 0 Å². The van der Waals surface area contributed by atoms with Gasteiger partial charge in [-0.3, -0.25) is 4.79 Å². The minimum atomic E-state index is -0.0429. The lowest BCUT2D eigenvalue weighted by molar-refractivity contribution is -0.117. The van der Waals surface area contributed by atoms with Crippen LogP contribution < -0.4 is 0 Å². The van der Waals surface area contributed by atoms with Gasteiger partial charge in [0.15, 0.2) is 0 Å². The van der Waals surface area contributed by atoms with Crippen molar-refractivity contribution in [1.82, 2.24) is 0 Å². The number of aryl methyl sites for hydroxylation is 2. The van der Waals surface area contributed by atoms with Crippen LogP contribution in [0.3, 0.4) is 0 Å². The Labute approximate surface area is 142 Å². The lowest BCUT2D eigenvalue weighted by Crippen LogP contribution is -2.11. The van der Waals surface area contributed by atoms with Crippen molar-refractivity contribution in [2.45, 2.75) is 65.2 Å². The summed E-state index contributed by atoms with van der Waals surface area (Å²) in [4.78, 5) is 15.0. The van der Waals surface area contributed by atoms with Crippen LogP contribution in [0, 0.1) is 0 Å². The van der Waals surface area contributed by atoms with Gasteiger partial charge < -0.3 is 0 Å².